The molecule has 1 aromatic carbocycles. The number of hydrogen-bond donors (Lipinski definition) is 1. The van der Waals surface area contributed by atoms with Crippen LogP contribution in [0.1, 0.15) is 4.88 Å². The summed E-state index contributed by atoms with van der Waals surface area (Å²) in [6, 6.07) is 14.1. The summed E-state index contributed by atoms with van der Waals surface area (Å²) >= 11 is 1.71. The number of anilines is 1. The number of nitrogen functional groups attached to an aromatic ring is 1. The summed E-state index contributed by atoms with van der Waals surface area (Å²) in [5, 5.41) is 4.57. The minimum Gasteiger partial charge on any atom is -0.396 e. The van der Waals surface area contributed by atoms with E-state index >= 15 is 0 Å². The summed E-state index contributed by atoms with van der Waals surface area (Å²) in [4.78, 5) is 2.37. The molecule has 0 unspecified atom stereocenters. The average Bonchev–Trinajstić information content (AvgIpc) is 2.97. The van der Waals surface area contributed by atoms with Crippen molar-refractivity contribution < 1.29 is 0 Å². The Balaban J connectivity index is 2.06. The van der Waals surface area contributed by atoms with Gasteiger partial charge in [0, 0.05) is 4.88 Å². The van der Waals surface area contributed by atoms with Crippen molar-refractivity contribution in [1.29, 1.82) is 0 Å². The topological polar surface area (TPSA) is 43.8 Å². The Morgan fingerprint density at radius 2 is 1.89 bits per heavy atom. The van der Waals surface area contributed by atoms with Crippen molar-refractivity contribution in [2.45, 2.75) is 6.92 Å². The van der Waals surface area contributed by atoms with Gasteiger partial charge in [-0.3, -0.25) is 0 Å². The molecule has 2 heterocycles. The second-order valence-electron chi connectivity index (χ2n) is 4.12. The van der Waals surface area contributed by atoms with Crippen LogP contribution in [0.15, 0.2) is 48.7 Å². The molecule has 0 fully saturated rings. The zero-order chi connectivity index (χ0) is 12.5. The van der Waals surface area contributed by atoms with Crippen LogP contribution in [-0.4, -0.2) is 9.78 Å². The van der Waals surface area contributed by atoms with Gasteiger partial charge >= 0.3 is 0 Å². The highest BCUT2D eigenvalue weighted by Crippen LogP contribution is 2.31. The molecule has 0 aliphatic rings. The average molecular weight is 255 g/mol. The predicted molar refractivity (Wildman–Crippen MR) is 76.0 cm³/mol. The van der Waals surface area contributed by atoms with Crippen molar-refractivity contribution in [2.75, 3.05) is 5.73 Å². The summed E-state index contributed by atoms with van der Waals surface area (Å²) in [5.41, 5.74) is 8.63. The van der Waals surface area contributed by atoms with Gasteiger partial charge in [-0.2, -0.15) is 5.10 Å². The molecule has 0 bridgehead atoms. The van der Waals surface area contributed by atoms with Crippen molar-refractivity contribution in [3.8, 4) is 16.3 Å². The van der Waals surface area contributed by atoms with Gasteiger partial charge in [0.25, 0.3) is 0 Å². The molecule has 0 radical (unpaired) electrons. The smallest absolute Gasteiger partial charge is 0.126 e. The Kier molecular flexibility index (Phi) is 2.64. The molecule has 18 heavy (non-hydrogen) atoms. The van der Waals surface area contributed by atoms with Gasteiger partial charge in [0.05, 0.1) is 22.4 Å². The quantitative estimate of drug-likeness (QED) is 0.761. The number of hydrogen-bond acceptors (Lipinski definition) is 3. The number of nitrogens with zero attached hydrogens (tertiary/aromatic N) is 2. The van der Waals surface area contributed by atoms with Gasteiger partial charge in [0.1, 0.15) is 5.69 Å². The zero-order valence-electron chi connectivity index (χ0n) is 10.00. The third-order valence-electron chi connectivity index (χ3n) is 2.74. The van der Waals surface area contributed by atoms with Gasteiger partial charge in [0.15, 0.2) is 0 Å². The maximum Gasteiger partial charge on any atom is 0.126 e. The highest BCUT2D eigenvalue weighted by atomic mass is 32.1. The van der Waals surface area contributed by atoms with Crippen molar-refractivity contribution in [2.24, 2.45) is 0 Å². The van der Waals surface area contributed by atoms with Crippen molar-refractivity contribution >= 4 is 17.0 Å². The summed E-state index contributed by atoms with van der Waals surface area (Å²) in [5.74, 6) is 0. The van der Waals surface area contributed by atoms with Crippen molar-refractivity contribution in [3.63, 3.8) is 0 Å². The molecule has 3 aromatic rings. The lowest BCUT2D eigenvalue weighted by Gasteiger charge is -1.98. The first-order valence-electron chi connectivity index (χ1n) is 5.71. The van der Waals surface area contributed by atoms with Gasteiger partial charge in [-0.15, -0.1) is 11.3 Å². The van der Waals surface area contributed by atoms with E-state index in [0.717, 1.165) is 16.3 Å². The molecule has 3 rings (SSSR count). The first kappa shape index (κ1) is 11.0. The van der Waals surface area contributed by atoms with Crippen molar-refractivity contribution in [1.82, 2.24) is 9.78 Å². The minimum atomic E-state index is 0.709. The monoisotopic (exact) mass is 255 g/mol. The van der Waals surface area contributed by atoms with Gasteiger partial charge in [-0.25, -0.2) is 4.68 Å². The largest absolute Gasteiger partial charge is 0.396 e. The number of aromatic nitrogens is 2. The Morgan fingerprint density at radius 1 is 1.11 bits per heavy atom. The molecule has 3 nitrogen and oxygen atoms in total. The van der Waals surface area contributed by atoms with Gasteiger partial charge in [-0.05, 0) is 31.2 Å². The second-order valence-corrected chi connectivity index (χ2v) is 5.41. The molecule has 0 spiro atoms. The number of thiophene rings is 1. The summed E-state index contributed by atoms with van der Waals surface area (Å²) in [6.45, 7) is 2.08. The van der Waals surface area contributed by atoms with Crippen LogP contribution in [0.4, 0.5) is 5.69 Å². The van der Waals surface area contributed by atoms with E-state index in [1.807, 2.05) is 41.2 Å². The molecule has 4 heteroatoms. The summed E-state index contributed by atoms with van der Waals surface area (Å²) < 4.78 is 1.82. The van der Waals surface area contributed by atoms with E-state index in [4.69, 9.17) is 5.73 Å². The van der Waals surface area contributed by atoms with Crippen LogP contribution in [0.2, 0.25) is 0 Å². The number of rotatable bonds is 2. The molecular weight excluding hydrogens is 242 g/mol. The van der Waals surface area contributed by atoms with E-state index in [9.17, 15) is 0 Å². The van der Waals surface area contributed by atoms with Crippen LogP contribution in [0.25, 0.3) is 16.3 Å². The zero-order valence-corrected chi connectivity index (χ0v) is 10.8. The summed E-state index contributed by atoms with van der Waals surface area (Å²) in [7, 11) is 0. The van der Waals surface area contributed by atoms with E-state index in [2.05, 4.69) is 24.2 Å². The Bertz CT molecular complexity index is 667. The van der Waals surface area contributed by atoms with Crippen LogP contribution in [0.3, 0.4) is 0 Å². The standard InChI is InChI=1S/C14H13N3S/c1-10-7-8-13(18-10)14-12(15)9-17(16-14)11-5-3-2-4-6-11/h2-9H,15H2,1H3. The molecule has 0 saturated heterocycles. The lowest BCUT2D eigenvalue weighted by molar-refractivity contribution is 0.885. The highest BCUT2D eigenvalue weighted by molar-refractivity contribution is 7.15. The lowest BCUT2D eigenvalue weighted by atomic mass is 10.3. The first-order chi connectivity index (χ1) is 8.74. The number of benzene rings is 1. The summed E-state index contributed by atoms with van der Waals surface area (Å²) in [6.07, 6.45) is 1.86. The molecule has 2 aromatic heterocycles. The van der Waals surface area contributed by atoms with Crippen molar-refractivity contribution in [3.05, 3.63) is 53.5 Å². The fourth-order valence-corrected chi connectivity index (χ4v) is 2.73. The van der Waals surface area contributed by atoms with Gasteiger partial charge < -0.3 is 5.73 Å². The maximum absolute atomic E-state index is 6.04. The number of para-hydroxylation sites is 1. The minimum absolute atomic E-state index is 0.709. The third-order valence-corrected chi connectivity index (χ3v) is 3.74. The Morgan fingerprint density at radius 3 is 2.56 bits per heavy atom. The number of aryl methyl sites for hydroxylation is 1. The molecule has 0 saturated carbocycles. The second kappa shape index (κ2) is 4.31. The van der Waals surface area contributed by atoms with Crippen LogP contribution >= 0.6 is 11.3 Å². The molecular formula is C14H13N3S. The van der Waals surface area contributed by atoms with Gasteiger partial charge in [-0.1, -0.05) is 18.2 Å². The molecule has 0 aliphatic heterocycles. The van der Waals surface area contributed by atoms with Crippen LogP contribution < -0.4 is 5.73 Å². The maximum atomic E-state index is 6.04. The van der Waals surface area contributed by atoms with E-state index in [1.54, 1.807) is 11.3 Å². The molecule has 2 N–H and O–H groups in total. The molecule has 90 valence electrons. The Hall–Kier alpha value is -2.07. The third kappa shape index (κ3) is 1.91. The van der Waals surface area contributed by atoms with E-state index < -0.39 is 0 Å². The highest BCUT2D eigenvalue weighted by Gasteiger charge is 2.11. The molecule has 0 amide bonds. The van der Waals surface area contributed by atoms with Crippen LogP contribution in [-0.2, 0) is 0 Å². The lowest BCUT2D eigenvalue weighted by Crippen LogP contribution is -1.93. The molecule has 0 atom stereocenters. The predicted octanol–water partition coefficient (Wildman–Crippen LogP) is 3.49. The Labute approximate surface area is 109 Å². The van der Waals surface area contributed by atoms with E-state index in [0.29, 0.717) is 5.69 Å². The fourth-order valence-electron chi connectivity index (χ4n) is 1.85. The van der Waals surface area contributed by atoms with E-state index in [1.165, 1.54) is 4.88 Å². The van der Waals surface area contributed by atoms with Gasteiger partial charge in [0.2, 0.25) is 0 Å². The van der Waals surface area contributed by atoms with Crippen LogP contribution in [0, 0.1) is 6.92 Å². The van der Waals surface area contributed by atoms with E-state index in [-0.39, 0.29) is 0 Å². The van der Waals surface area contributed by atoms with Crippen LogP contribution in [0.5, 0.6) is 0 Å². The fraction of sp³-hybridized carbons (Fsp3) is 0.0714. The first-order valence-corrected chi connectivity index (χ1v) is 6.53. The SMILES string of the molecule is Cc1ccc(-c2nn(-c3ccccc3)cc2N)s1. The molecule has 0 aliphatic carbocycles. The normalized spacial score (nSPS) is 10.7. The number of nitrogens with two attached hydrogens (primary N) is 1.